The van der Waals surface area contributed by atoms with E-state index in [1.54, 1.807) is 6.07 Å². The lowest BCUT2D eigenvalue weighted by atomic mass is 9.69. The van der Waals surface area contributed by atoms with Gasteiger partial charge in [0.05, 0.1) is 12.5 Å². The third-order valence-electron chi connectivity index (χ3n) is 8.41. The number of benzene rings is 1. The standard InChI is InChI=1S/C28H41FO3/c1-3-4-5-6-20-7-11-22(12-8-20)23-13-9-21(10-14-23)18-31-25-16-15-24-17-19(2)28(30)32-27(24)26(25)29/h15-16,19-23H,3-14,17-18H2,1-2H3. The molecule has 1 heterocycles. The first-order valence-corrected chi connectivity index (χ1v) is 13.2. The maximum atomic E-state index is 14.8. The summed E-state index contributed by atoms with van der Waals surface area (Å²) in [4.78, 5) is 11.8. The molecule has 1 aromatic rings. The molecule has 2 fully saturated rings. The Balaban J connectivity index is 1.20. The number of esters is 1. The molecule has 0 amide bonds. The van der Waals surface area contributed by atoms with Crippen molar-refractivity contribution in [3.8, 4) is 11.5 Å². The van der Waals surface area contributed by atoms with Crippen LogP contribution in [0.1, 0.15) is 96.5 Å². The van der Waals surface area contributed by atoms with Crippen LogP contribution in [0.5, 0.6) is 11.5 Å². The molecule has 178 valence electrons. The largest absolute Gasteiger partial charge is 0.490 e. The summed E-state index contributed by atoms with van der Waals surface area (Å²) in [5.41, 5.74) is 0.752. The number of carbonyl (C=O) groups is 1. The SMILES string of the molecule is CCCCCC1CCC(C2CCC(COc3ccc4c(c3F)OC(=O)C(C)C4)CC2)CC1. The number of ether oxygens (including phenoxy) is 2. The first-order chi connectivity index (χ1) is 15.5. The van der Waals surface area contributed by atoms with E-state index in [0.717, 1.165) is 23.3 Å². The van der Waals surface area contributed by atoms with E-state index < -0.39 is 5.82 Å². The van der Waals surface area contributed by atoms with Gasteiger partial charge in [-0.1, -0.05) is 58.4 Å². The molecule has 1 aromatic carbocycles. The molecule has 3 aliphatic rings. The topological polar surface area (TPSA) is 35.5 Å². The van der Waals surface area contributed by atoms with Crippen molar-refractivity contribution < 1.29 is 18.7 Å². The summed E-state index contributed by atoms with van der Waals surface area (Å²) in [6.45, 7) is 4.65. The smallest absolute Gasteiger partial charge is 0.314 e. The minimum absolute atomic E-state index is 0.0691. The minimum atomic E-state index is -0.521. The molecule has 0 radical (unpaired) electrons. The average molecular weight is 445 g/mol. The summed E-state index contributed by atoms with van der Waals surface area (Å²) >= 11 is 0. The van der Waals surface area contributed by atoms with Crippen LogP contribution in [0.15, 0.2) is 12.1 Å². The zero-order valence-electron chi connectivity index (χ0n) is 20.0. The van der Waals surface area contributed by atoms with Crippen LogP contribution in [0.25, 0.3) is 0 Å². The fraction of sp³-hybridized carbons (Fsp3) is 0.750. The number of halogens is 1. The predicted octanol–water partition coefficient (Wildman–Crippen LogP) is 7.50. The van der Waals surface area contributed by atoms with E-state index in [0.29, 0.717) is 18.9 Å². The van der Waals surface area contributed by atoms with Gasteiger partial charge in [-0.15, -0.1) is 0 Å². The third kappa shape index (κ3) is 5.66. The van der Waals surface area contributed by atoms with Gasteiger partial charge in [0, 0.05) is 0 Å². The molecular weight excluding hydrogens is 403 g/mol. The Bertz CT molecular complexity index is 760. The van der Waals surface area contributed by atoms with E-state index in [1.165, 1.54) is 77.0 Å². The van der Waals surface area contributed by atoms with Crippen molar-refractivity contribution in [3.63, 3.8) is 0 Å². The monoisotopic (exact) mass is 444 g/mol. The van der Waals surface area contributed by atoms with Gasteiger partial charge < -0.3 is 9.47 Å². The van der Waals surface area contributed by atoms with Crippen LogP contribution in [-0.4, -0.2) is 12.6 Å². The molecule has 1 atom stereocenters. The Hall–Kier alpha value is -1.58. The highest BCUT2D eigenvalue weighted by atomic mass is 19.1. The predicted molar refractivity (Wildman–Crippen MR) is 125 cm³/mol. The van der Waals surface area contributed by atoms with Gasteiger partial charge in [-0.05, 0) is 80.2 Å². The van der Waals surface area contributed by atoms with E-state index >= 15 is 0 Å². The molecule has 32 heavy (non-hydrogen) atoms. The highest BCUT2D eigenvalue weighted by molar-refractivity contribution is 5.78. The van der Waals surface area contributed by atoms with Crippen molar-refractivity contribution >= 4 is 5.97 Å². The summed E-state index contributed by atoms with van der Waals surface area (Å²) in [7, 11) is 0. The van der Waals surface area contributed by atoms with E-state index in [1.807, 2.05) is 13.0 Å². The van der Waals surface area contributed by atoms with Gasteiger partial charge in [0.1, 0.15) is 0 Å². The second kappa shape index (κ2) is 11.0. The van der Waals surface area contributed by atoms with Crippen LogP contribution in [-0.2, 0) is 11.2 Å². The Morgan fingerprint density at radius 3 is 2.28 bits per heavy atom. The molecular formula is C28H41FO3. The Morgan fingerprint density at radius 1 is 0.969 bits per heavy atom. The van der Waals surface area contributed by atoms with Crippen LogP contribution in [0.2, 0.25) is 0 Å². The average Bonchev–Trinajstić information content (AvgIpc) is 2.81. The quantitative estimate of drug-likeness (QED) is 0.237. The summed E-state index contributed by atoms with van der Waals surface area (Å²) < 4.78 is 26.0. The second-order valence-electron chi connectivity index (χ2n) is 10.8. The molecule has 2 aliphatic carbocycles. The van der Waals surface area contributed by atoms with Crippen LogP contribution < -0.4 is 9.47 Å². The van der Waals surface area contributed by atoms with Gasteiger partial charge in [-0.3, -0.25) is 4.79 Å². The van der Waals surface area contributed by atoms with Crippen molar-refractivity contribution in [3.05, 3.63) is 23.5 Å². The minimum Gasteiger partial charge on any atom is -0.490 e. The molecule has 3 nitrogen and oxygen atoms in total. The molecule has 0 bridgehead atoms. The van der Waals surface area contributed by atoms with Crippen LogP contribution >= 0.6 is 0 Å². The molecule has 0 saturated heterocycles. The first-order valence-electron chi connectivity index (χ1n) is 13.2. The zero-order valence-corrected chi connectivity index (χ0v) is 20.0. The van der Waals surface area contributed by atoms with Gasteiger partial charge in [0.25, 0.3) is 0 Å². The number of fused-ring (bicyclic) bond motifs is 1. The number of unbranched alkanes of at least 4 members (excludes halogenated alkanes) is 2. The molecule has 1 aliphatic heterocycles. The molecule has 4 rings (SSSR count). The number of hydrogen-bond acceptors (Lipinski definition) is 3. The maximum Gasteiger partial charge on any atom is 0.314 e. The highest BCUT2D eigenvalue weighted by Gasteiger charge is 2.32. The number of hydrogen-bond donors (Lipinski definition) is 0. The van der Waals surface area contributed by atoms with E-state index in [9.17, 15) is 9.18 Å². The van der Waals surface area contributed by atoms with Crippen molar-refractivity contribution in [2.75, 3.05) is 6.61 Å². The number of carbonyl (C=O) groups excluding carboxylic acids is 1. The Kier molecular flexibility index (Phi) is 8.12. The fourth-order valence-electron chi connectivity index (χ4n) is 6.24. The summed E-state index contributed by atoms with van der Waals surface area (Å²) in [6.07, 6.45) is 16.8. The second-order valence-corrected chi connectivity index (χ2v) is 10.8. The lowest BCUT2D eigenvalue weighted by Gasteiger charge is -2.38. The summed E-state index contributed by atoms with van der Waals surface area (Å²) in [5.74, 6) is 2.47. The van der Waals surface area contributed by atoms with Gasteiger partial charge in [0.2, 0.25) is 5.82 Å². The van der Waals surface area contributed by atoms with Crippen molar-refractivity contribution in [2.24, 2.45) is 29.6 Å². The van der Waals surface area contributed by atoms with Gasteiger partial charge in [-0.2, -0.15) is 4.39 Å². The fourth-order valence-corrected chi connectivity index (χ4v) is 6.24. The Morgan fingerprint density at radius 2 is 1.62 bits per heavy atom. The zero-order chi connectivity index (χ0) is 22.5. The van der Waals surface area contributed by atoms with E-state index in [4.69, 9.17) is 9.47 Å². The maximum absolute atomic E-state index is 14.8. The van der Waals surface area contributed by atoms with Crippen LogP contribution in [0, 0.1) is 35.4 Å². The lowest BCUT2D eigenvalue weighted by Crippen LogP contribution is -2.28. The normalized spacial score (nSPS) is 30.5. The van der Waals surface area contributed by atoms with Crippen molar-refractivity contribution in [1.82, 2.24) is 0 Å². The first kappa shape index (κ1) is 23.6. The molecule has 0 aromatic heterocycles. The van der Waals surface area contributed by atoms with Gasteiger partial charge in [0.15, 0.2) is 11.5 Å². The molecule has 0 spiro atoms. The van der Waals surface area contributed by atoms with Crippen LogP contribution in [0.4, 0.5) is 4.39 Å². The van der Waals surface area contributed by atoms with Gasteiger partial charge in [-0.25, -0.2) is 0 Å². The van der Waals surface area contributed by atoms with Crippen molar-refractivity contribution in [1.29, 1.82) is 0 Å². The molecule has 4 heteroatoms. The summed E-state index contributed by atoms with van der Waals surface area (Å²) in [5, 5.41) is 0. The van der Waals surface area contributed by atoms with E-state index in [-0.39, 0.29) is 23.4 Å². The molecule has 2 saturated carbocycles. The van der Waals surface area contributed by atoms with E-state index in [2.05, 4.69) is 6.92 Å². The molecule has 1 unspecified atom stereocenters. The van der Waals surface area contributed by atoms with Crippen LogP contribution in [0.3, 0.4) is 0 Å². The number of rotatable bonds is 8. The summed E-state index contributed by atoms with van der Waals surface area (Å²) in [6, 6.07) is 3.54. The Labute approximate surface area is 193 Å². The van der Waals surface area contributed by atoms with Crippen molar-refractivity contribution in [2.45, 2.75) is 97.3 Å². The third-order valence-corrected chi connectivity index (χ3v) is 8.41. The highest BCUT2D eigenvalue weighted by Crippen LogP contribution is 2.43. The molecule has 0 N–H and O–H groups in total. The van der Waals surface area contributed by atoms with Gasteiger partial charge >= 0.3 is 5.97 Å². The lowest BCUT2D eigenvalue weighted by molar-refractivity contribution is -0.139.